The lowest BCUT2D eigenvalue weighted by molar-refractivity contribution is -0.143. The van der Waals surface area contributed by atoms with E-state index in [4.69, 9.17) is 22.1 Å². The van der Waals surface area contributed by atoms with E-state index in [-0.39, 0.29) is 50.6 Å². The first-order valence-electron chi connectivity index (χ1n) is 15.1. The molecule has 0 spiro atoms. The number of alkyl halides is 6. The molecule has 2 aliphatic heterocycles. The second-order valence-electron chi connectivity index (χ2n) is 11.2. The van der Waals surface area contributed by atoms with Gasteiger partial charge in [0.2, 0.25) is 5.91 Å². The van der Waals surface area contributed by atoms with E-state index in [1.54, 1.807) is 0 Å². The summed E-state index contributed by atoms with van der Waals surface area (Å²) in [6.07, 6.45) is -8.88. The van der Waals surface area contributed by atoms with Crippen molar-refractivity contribution in [3.8, 4) is 16.9 Å². The van der Waals surface area contributed by atoms with Crippen LogP contribution in [0.5, 0.6) is 5.75 Å². The normalized spacial score (nSPS) is 16.6. The Morgan fingerprint density at radius 3 is 2.25 bits per heavy atom. The van der Waals surface area contributed by atoms with Gasteiger partial charge in [-0.2, -0.15) is 26.3 Å². The molecule has 2 amide bonds. The zero-order valence-electron chi connectivity index (χ0n) is 26.2. The molecule has 2 fully saturated rings. The molecule has 0 unspecified atom stereocenters. The molecule has 0 aliphatic carbocycles. The Bertz CT molecular complexity index is 1840. The summed E-state index contributed by atoms with van der Waals surface area (Å²) in [5.41, 5.74) is -3.38. The van der Waals surface area contributed by atoms with Crippen molar-refractivity contribution in [2.75, 3.05) is 56.6 Å². The number of aromatic carboxylic acids is 1. The Labute approximate surface area is 300 Å². The van der Waals surface area contributed by atoms with E-state index in [1.165, 1.54) is 23.1 Å². The van der Waals surface area contributed by atoms with Gasteiger partial charge in [0.15, 0.2) is 0 Å². The van der Waals surface area contributed by atoms with Crippen molar-refractivity contribution < 1.29 is 55.7 Å². The molecule has 1 aromatic heterocycles. The maximum atomic E-state index is 13.7. The van der Waals surface area contributed by atoms with E-state index >= 15 is 0 Å². The van der Waals surface area contributed by atoms with Crippen molar-refractivity contribution in [1.29, 1.82) is 0 Å². The zero-order chi connectivity index (χ0) is 37.1. The molecule has 0 saturated carbocycles. The van der Waals surface area contributed by atoms with E-state index in [1.807, 2.05) is 0 Å². The molecule has 10 nitrogen and oxygen atoms in total. The van der Waals surface area contributed by atoms with Gasteiger partial charge < -0.3 is 25.6 Å². The highest BCUT2D eigenvalue weighted by atomic mass is 32.2. The molecular weight excluding hydrogens is 747 g/mol. The number of carboxylic acids is 1. The van der Waals surface area contributed by atoms with Crippen molar-refractivity contribution >= 4 is 74.2 Å². The maximum Gasteiger partial charge on any atom is 0.416 e. The number of thiocarbonyl (C=S) groups is 1. The number of morpholine rings is 1. The van der Waals surface area contributed by atoms with Gasteiger partial charge in [-0.1, -0.05) is 24.0 Å². The molecule has 0 radical (unpaired) electrons. The number of halogens is 6. The second kappa shape index (κ2) is 15.6. The molecule has 2 aromatic carbocycles. The van der Waals surface area contributed by atoms with E-state index in [2.05, 4.69) is 15.5 Å². The van der Waals surface area contributed by atoms with Crippen LogP contribution in [0, 0.1) is 0 Å². The number of phenols is 1. The Kier molecular flexibility index (Phi) is 11.6. The van der Waals surface area contributed by atoms with E-state index in [0.717, 1.165) is 35.2 Å². The van der Waals surface area contributed by atoms with Crippen LogP contribution in [0.4, 0.5) is 37.0 Å². The lowest BCUT2D eigenvalue weighted by Gasteiger charge is -2.26. The summed E-state index contributed by atoms with van der Waals surface area (Å²) < 4.78 is 87.7. The van der Waals surface area contributed by atoms with E-state index in [0.29, 0.717) is 61.4 Å². The topological polar surface area (TPSA) is 131 Å². The van der Waals surface area contributed by atoms with Crippen molar-refractivity contribution in [3.63, 3.8) is 0 Å². The maximum absolute atomic E-state index is 13.7. The van der Waals surface area contributed by atoms with Gasteiger partial charge >= 0.3 is 18.3 Å². The standard InChI is InChI=1S/C32H28F6N4O6S3/c33-31(34,35)18-11-17(12-19(13-18)32(36,37)38)23-15-21(50-27(23)39-4-6-41-7-9-48-10-8-41)16-25-28(45)42(30(49)51-25)5-3-26(44)40-20-1-2-22(29(46)47)24(43)14-20/h1-2,11-16,39,43H,3-10H2,(H,40,44)(H,46,47)/b25-16-. The molecule has 0 bridgehead atoms. The number of amides is 2. The molecule has 272 valence electrons. The Morgan fingerprint density at radius 2 is 1.65 bits per heavy atom. The highest BCUT2D eigenvalue weighted by Gasteiger charge is 2.38. The summed E-state index contributed by atoms with van der Waals surface area (Å²) >= 11 is 7.30. The van der Waals surface area contributed by atoms with Crippen LogP contribution in [0.25, 0.3) is 17.2 Å². The Morgan fingerprint density at radius 1 is 0.980 bits per heavy atom. The first-order chi connectivity index (χ1) is 24.0. The number of anilines is 2. The SMILES string of the molecule is O=C(CCN1C(=O)/C(=C/c2cc(-c3cc(C(F)(F)F)cc(C(F)(F)F)c3)c(NCCN3CCOCC3)s2)SC1=S)Nc1ccc(C(=O)O)c(O)c1. The third kappa shape index (κ3) is 9.59. The number of thioether (sulfide) groups is 1. The summed E-state index contributed by atoms with van der Waals surface area (Å²) in [5, 5.41) is 24.8. The minimum atomic E-state index is -5.05. The minimum Gasteiger partial charge on any atom is -0.507 e. The van der Waals surface area contributed by atoms with Crippen LogP contribution in [-0.2, 0) is 26.7 Å². The van der Waals surface area contributed by atoms with E-state index < -0.39 is 47.0 Å². The number of aromatic hydroxyl groups is 1. The van der Waals surface area contributed by atoms with Crippen molar-refractivity contribution in [2.24, 2.45) is 0 Å². The van der Waals surface area contributed by atoms with E-state index in [9.17, 15) is 45.8 Å². The van der Waals surface area contributed by atoms with Crippen LogP contribution in [0.2, 0.25) is 0 Å². The number of nitrogens with one attached hydrogen (secondary N) is 2. The monoisotopic (exact) mass is 774 g/mol. The third-order valence-corrected chi connectivity index (χ3v) is 10.1. The van der Waals surface area contributed by atoms with Crippen LogP contribution in [0.3, 0.4) is 0 Å². The summed E-state index contributed by atoms with van der Waals surface area (Å²) in [5.74, 6) is -3.03. The van der Waals surface area contributed by atoms with Crippen LogP contribution in [-0.4, -0.2) is 88.1 Å². The summed E-state index contributed by atoms with van der Waals surface area (Å²) in [7, 11) is 0. The number of rotatable bonds is 11. The number of thiophene rings is 1. The lowest BCUT2D eigenvalue weighted by Crippen LogP contribution is -2.38. The first-order valence-corrected chi connectivity index (χ1v) is 17.1. The van der Waals surface area contributed by atoms with Crippen LogP contribution in [0.15, 0.2) is 47.4 Å². The number of carboxylic acid groups (broad SMARTS) is 1. The van der Waals surface area contributed by atoms with Gasteiger partial charge in [0.25, 0.3) is 5.91 Å². The largest absolute Gasteiger partial charge is 0.507 e. The van der Waals surface area contributed by atoms with Gasteiger partial charge in [-0.05, 0) is 48.0 Å². The number of carbonyl (C=O) groups excluding carboxylic acids is 2. The molecule has 2 aliphatic rings. The molecule has 5 rings (SSSR count). The van der Waals surface area contributed by atoms with Gasteiger partial charge in [-0.15, -0.1) is 11.3 Å². The third-order valence-electron chi connectivity index (χ3n) is 7.69. The highest BCUT2D eigenvalue weighted by molar-refractivity contribution is 8.26. The smallest absolute Gasteiger partial charge is 0.416 e. The van der Waals surface area contributed by atoms with Crippen molar-refractivity contribution in [3.05, 3.63) is 68.9 Å². The summed E-state index contributed by atoms with van der Waals surface area (Å²) in [6, 6.07) is 6.24. The van der Waals surface area contributed by atoms with Crippen LogP contribution >= 0.6 is 35.3 Å². The lowest BCUT2D eigenvalue weighted by atomic mass is 10.00. The van der Waals surface area contributed by atoms with Gasteiger partial charge in [0.1, 0.15) is 15.6 Å². The number of hydrogen-bond acceptors (Lipinski definition) is 10. The van der Waals surface area contributed by atoms with Gasteiger partial charge in [-0.25, -0.2) is 4.79 Å². The van der Waals surface area contributed by atoms with Crippen LogP contribution < -0.4 is 10.6 Å². The number of hydrogen-bond donors (Lipinski definition) is 4. The molecule has 0 atom stereocenters. The average Bonchev–Trinajstić information content (AvgIpc) is 3.57. The van der Waals surface area contributed by atoms with Crippen molar-refractivity contribution in [1.82, 2.24) is 9.80 Å². The minimum absolute atomic E-state index is 0.0623. The first kappa shape index (κ1) is 38.1. The number of nitrogens with zero attached hydrogens (tertiary/aromatic N) is 2. The van der Waals surface area contributed by atoms with Crippen molar-refractivity contribution in [2.45, 2.75) is 18.8 Å². The van der Waals surface area contributed by atoms with Gasteiger partial charge in [0, 0.05) is 61.3 Å². The number of benzene rings is 2. The van der Waals surface area contributed by atoms with Gasteiger partial charge in [0.05, 0.1) is 34.2 Å². The summed E-state index contributed by atoms with van der Waals surface area (Å²) in [6.45, 7) is 3.13. The Balaban J connectivity index is 1.36. The predicted molar refractivity (Wildman–Crippen MR) is 184 cm³/mol. The number of ether oxygens (including phenoxy) is 1. The van der Waals surface area contributed by atoms with Gasteiger partial charge in [-0.3, -0.25) is 19.4 Å². The van der Waals surface area contributed by atoms with Crippen LogP contribution in [0.1, 0.15) is 32.8 Å². The molecule has 3 heterocycles. The molecular formula is C32H28F6N4O6S3. The molecule has 3 aromatic rings. The second-order valence-corrected chi connectivity index (χ2v) is 14.0. The fourth-order valence-corrected chi connectivity index (χ4v) is 7.56. The number of carbonyl (C=O) groups is 3. The highest BCUT2D eigenvalue weighted by Crippen LogP contribution is 2.44. The average molecular weight is 775 g/mol. The predicted octanol–water partition coefficient (Wildman–Crippen LogP) is 6.83. The Hall–Kier alpha value is -4.17. The summed E-state index contributed by atoms with van der Waals surface area (Å²) in [4.78, 5) is 40.7. The quantitative estimate of drug-likeness (QED) is 0.0935. The molecule has 19 heteroatoms. The molecule has 2 saturated heterocycles. The fraction of sp³-hybridized carbons (Fsp3) is 0.312. The molecule has 51 heavy (non-hydrogen) atoms. The fourth-order valence-electron chi connectivity index (χ4n) is 5.14. The zero-order valence-corrected chi connectivity index (χ0v) is 28.6. The molecule has 4 N–H and O–H groups in total.